The Kier molecular flexibility index (Phi) is 4.11. The normalized spacial score (nSPS) is 12.7. The van der Waals surface area contributed by atoms with Crippen molar-refractivity contribution in [2.75, 3.05) is 0 Å². The zero-order valence-electron chi connectivity index (χ0n) is 12.5. The van der Waals surface area contributed by atoms with Crippen LogP contribution in [0.4, 0.5) is 0 Å². The molecule has 0 aliphatic heterocycles. The van der Waals surface area contributed by atoms with E-state index in [4.69, 9.17) is 4.42 Å². The van der Waals surface area contributed by atoms with E-state index in [2.05, 4.69) is 45.1 Å². The molecule has 0 aliphatic rings. The Labute approximate surface area is 115 Å². The van der Waals surface area contributed by atoms with Gasteiger partial charge in [0, 0.05) is 6.04 Å². The van der Waals surface area contributed by atoms with Crippen LogP contribution in [0.2, 0.25) is 0 Å². The summed E-state index contributed by atoms with van der Waals surface area (Å²) in [6.45, 7) is 11.5. The molecule has 0 bridgehead atoms. The molecule has 1 unspecified atom stereocenters. The van der Waals surface area contributed by atoms with Gasteiger partial charge in [-0.05, 0) is 63.4 Å². The van der Waals surface area contributed by atoms with Gasteiger partial charge in [-0.3, -0.25) is 0 Å². The predicted octanol–water partition coefficient (Wildman–Crippen LogP) is 4.36. The van der Waals surface area contributed by atoms with Crippen LogP contribution in [0, 0.1) is 27.7 Å². The largest absolute Gasteiger partial charge is 0.465 e. The molecular formula is C17H23NO. The minimum atomic E-state index is 0.325. The number of hydrogen-bond donors (Lipinski definition) is 1. The second-order valence-corrected chi connectivity index (χ2v) is 5.43. The summed E-state index contributed by atoms with van der Waals surface area (Å²) in [5.74, 6) is 1.96. The number of nitrogens with one attached hydrogen (secondary N) is 1. The molecule has 0 fully saturated rings. The van der Waals surface area contributed by atoms with Gasteiger partial charge in [0.2, 0.25) is 0 Å². The summed E-state index contributed by atoms with van der Waals surface area (Å²) >= 11 is 0. The third kappa shape index (κ3) is 3.27. The molecule has 1 heterocycles. The number of benzene rings is 1. The molecule has 19 heavy (non-hydrogen) atoms. The Morgan fingerprint density at radius 1 is 1.05 bits per heavy atom. The molecule has 0 spiro atoms. The highest BCUT2D eigenvalue weighted by molar-refractivity contribution is 5.39. The summed E-state index contributed by atoms with van der Waals surface area (Å²) in [5, 5.41) is 3.54. The fourth-order valence-electron chi connectivity index (χ4n) is 2.81. The lowest BCUT2D eigenvalue weighted by Gasteiger charge is -2.19. The Balaban J connectivity index is 2.10. The smallest absolute Gasteiger partial charge is 0.117 e. The van der Waals surface area contributed by atoms with Crippen molar-refractivity contribution in [3.63, 3.8) is 0 Å². The van der Waals surface area contributed by atoms with Gasteiger partial charge < -0.3 is 9.73 Å². The van der Waals surface area contributed by atoms with Crippen LogP contribution < -0.4 is 5.32 Å². The van der Waals surface area contributed by atoms with E-state index < -0.39 is 0 Å². The lowest BCUT2D eigenvalue weighted by Crippen LogP contribution is -2.19. The predicted molar refractivity (Wildman–Crippen MR) is 79.4 cm³/mol. The van der Waals surface area contributed by atoms with Gasteiger partial charge in [-0.1, -0.05) is 17.7 Å². The fraction of sp³-hybridized carbons (Fsp3) is 0.412. The number of aryl methyl sites for hydroxylation is 4. The van der Waals surface area contributed by atoms with Crippen LogP contribution in [-0.4, -0.2) is 0 Å². The van der Waals surface area contributed by atoms with Gasteiger partial charge in [0.15, 0.2) is 0 Å². The fourth-order valence-corrected chi connectivity index (χ4v) is 2.81. The van der Waals surface area contributed by atoms with E-state index >= 15 is 0 Å². The highest BCUT2D eigenvalue weighted by Gasteiger charge is 2.12. The van der Waals surface area contributed by atoms with Crippen molar-refractivity contribution in [1.82, 2.24) is 5.32 Å². The van der Waals surface area contributed by atoms with E-state index in [-0.39, 0.29) is 0 Å². The number of hydrogen-bond acceptors (Lipinski definition) is 2. The molecule has 2 aromatic rings. The van der Waals surface area contributed by atoms with Crippen molar-refractivity contribution >= 4 is 0 Å². The van der Waals surface area contributed by atoms with Crippen LogP contribution >= 0.6 is 0 Å². The molecule has 102 valence electrons. The molecule has 1 atom stereocenters. The molecule has 0 radical (unpaired) electrons. The maximum atomic E-state index is 5.59. The summed E-state index contributed by atoms with van der Waals surface area (Å²) < 4.78 is 5.59. The summed E-state index contributed by atoms with van der Waals surface area (Å²) in [6.07, 6.45) is 0. The summed E-state index contributed by atoms with van der Waals surface area (Å²) in [5.41, 5.74) is 5.43. The third-order valence-electron chi connectivity index (χ3n) is 3.55. The number of rotatable bonds is 4. The SMILES string of the molecule is Cc1cc(C)c(C(C)NCc2ccc(C)o2)c(C)c1. The molecule has 2 heteroatoms. The van der Waals surface area contributed by atoms with Gasteiger partial charge in [0.25, 0.3) is 0 Å². The Morgan fingerprint density at radius 2 is 1.68 bits per heavy atom. The minimum absolute atomic E-state index is 0.325. The summed E-state index contributed by atoms with van der Waals surface area (Å²) in [6, 6.07) is 8.86. The summed E-state index contributed by atoms with van der Waals surface area (Å²) in [7, 11) is 0. The maximum Gasteiger partial charge on any atom is 0.117 e. The van der Waals surface area contributed by atoms with Crippen LogP contribution in [0.5, 0.6) is 0 Å². The maximum absolute atomic E-state index is 5.59. The lowest BCUT2D eigenvalue weighted by molar-refractivity contribution is 0.443. The van der Waals surface area contributed by atoms with Crippen LogP contribution in [0.15, 0.2) is 28.7 Å². The first-order valence-electron chi connectivity index (χ1n) is 6.84. The van der Waals surface area contributed by atoms with E-state index in [1.165, 1.54) is 22.3 Å². The topological polar surface area (TPSA) is 25.2 Å². The third-order valence-corrected chi connectivity index (χ3v) is 3.55. The minimum Gasteiger partial charge on any atom is -0.465 e. The standard InChI is InChI=1S/C17H23NO/c1-11-8-12(2)17(13(3)9-11)15(5)18-10-16-7-6-14(4)19-16/h6-9,15,18H,10H2,1-5H3. The Hall–Kier alpha value is -1.54. The van der Waals surface area contributed by atoms with Gasteiger partial charge in [-0.25, -0.2) is 0 Å². The molecule has 2 rings (SSSR count). The van der Waals surface area contributed by atoms with Gasteiger partial charge in [-0.15, -0.1) is 0 Å². The average molecular weight is 257 g/mol. The van der Waals surface area contributed by atoms with Crippen molar-refractivity contribution in [2.24, 2.45) is 0 Å². The van der Waals surface area contributed by atoms with Gasteiger partial charge >= 0.3 is 0 Å². The van der Waals surface area contributed by atoms with Gasteiger partial charge in [0.05, 0.1) is 6.54 Å². The molecule has 0 amide bonds. The highest BCUT2D eigenvalue weighted by Crippen LogP contribution is 2.23. The van der Waals surface area contributed by atoms with Crippen molar-refractivity contribution in [2.45, 2.75) is 47.2 Å². The Bertz CT molecular complexity index is 545. The number of furan rings is 1. The van der Waals surface area contributed by atoms with Crippen molar-refractivity contribution in [3.8, 4) is 0 Å². The molecule has 1 N–H and O–H groups in total. The first-order valence-corrected chi connectivity index (χ1v) is 6.84. The molecule has 0 saturated carbocycles. The molecule has 1 aromatic heterocycles. The molecular weight excluding hydrogens is 234 g/mol. The van der Waals surface area contributed by atoms with E-state index in [1.807, 2.05) is 19.1 Å². The van der Waals surface area contributed by atoms with Crippen molar-refractivity contribution in [1.29, 1.82) is 0 Å². The van der Waals surface area contributed by atoms with Crippen LogP contribution in [-0.2, 0) is 6.54 Å². The molecule has 0 aliphatic carbocycles. The van der Waals surface area contributed by atoms with E-state index in [0.717, 1.165) is 18.1 Å². The zero-order chi connectivity index (χ0) is 14.0. The molecule has 2 nitrogen and oxygen atoms in total. The zero-order valence-corrected chi connectivity index (χ0v) is 12.5. The summed E-state index contributed by atoms with van der Waals surface area (Å²) in [4.78, 5) is 0. The lowest BCUT2D eigenvalue weighted by atomic mass is 9.95. The van der Waals surface area contributed by atoms with E-state index in [0.29, 0.717) is 6.04 Å². The first kappa shape index (κ1) is 13.9. The monoisotopic (exact) mass is 257 g/mol. The van der Waals surface area contributed by atoms with Crippen LogP contribution in [0.3, 0.4) is 0 Å². The van der Waals surface area contributed by atoms with Crippen molar-refractivity contribution < 1.29 is 4.42 Å². The van der Waals surface area contributed by atoms with Gasteiger partial charge in [-0.2, -0.15) is 0 Å². The van der Waals surface area contributed by atoms with Crippen LogP contribution in [0.1, 0.15) is 46.7 Å². The van der Waals surface area contributed by atoms with E-state index in [1.54, 1.807) is 0 Å². The molecule has 0 saturated heterocycles. The quantitative estimate of drug-likeness (QED) is 0.880. The highest BCUT2D eigenvalue weighted by atomic mass is 16.3. The first-order chi connectivity index (χ1) is 8.97. The van der Waals surface area contributed by atoms with Crippen molar-refractivity contribution in [3.05, 3.63) is 58.0 Å². The second kappa shape index (κ2) is 5.62. The second-order valence-electron chi connectivity index (χ2n) is 5.43. The Morgan fingerprint density at radius 3 is 2.21 bits per heavy atom. The average Bonchev–Trinajstić information content (AvgIpc) is 2.71. The van der Waals surface area contributed by atoms with E-state index in [9.17, 15) is 0 Å². The molecule has 1 aromatic carbocycles. The van der Waals surface area contributed by atoms with Crippen LogP contribution in [0.25, 0.3) is 0 Å². The van der Waals surface area contributed by atoms with Gasteiger partial charge in [0.1, 0.15) is 11.5 Å².